The lowest BCUT2D eigenvalue weighted by Gasteiger charge is -2.18. The molecule has 2 aromatic carbocycles. The van der Waals surface area contributed by atoms with Crippen LogP contribution in [0.4, 0.5) is 5.69 Å². The quantitative estimate of drug-likeness (QED) is 0.459. The summed E-state index contributed by atoms with van der Waals surface area (Å²) >= 11 is 1.52. The van der Waals surface area contributed by atoms with E-state index in [9.17, 15) is 9.59 Å². The number of hydrogen-bond donors (Lipinski definition) is 1. The number of rotatable bonds is 6. The van der Waals surface area contributed by atoms with Crippen molar-refractivity contribution >= 4 is 28.8 Å². The Labute approximate surface area is 191 Å². The SMILES string of the molecule is Cc1cccc(C)c1NC(=O)CN(C)C(=O)c1cn(-c2ccccc2)nc1-c1cccs1. The van der Waals surface area contributed by atoms with Crippen LogP contribution in [-0.4, -0.2) is 40.1 Å². The molecule has 0 aliphatic heterocycles. The Balaban J connectivity index is 1.58. The number of aryl methyl sites for hydroxylation is 2. The van der Waals surface area contributed by atoms with Gasteiger partial charge in [-0.25, -0.2) is 4.68 Å². The molecule has 0 saturated heterocycles. The molecule has 0 unspecified atom stereocenters. The zero-order valence-corrected chi connectivity index (χ0v) is 19.0. The van der Waals surface area contributed by atoms with Crippen LogP contribution in [0.2, 0.25) is 0 Å². The first-order chi connectivity index (χ1) is 15.4. The number of benzene rings is 2. The van der Waals surface area contributed by atoms with Gasteiger partial charge >= 0.3 is 0 Å². The predicted molar refractivity (Wildman–Crippen MR) is 128 cm³/mol. The third-order valence-electron chi connectivity index (χ3n) is 5.19. The van der Waals surface area contributed by atoms with Gasteiger partial charge in [0.25, 0.3) is 5.91 Å². The van der Waals surface area contributed by atoms with Gasteiger partial charge in [-0.1, -0.05) is 42.5 Å². The van der Waals surface area contributed by atoms with Crippen LogP contribution in [0.1, 0.15) is 21.5 Å². The van der Waals surface area contributed by atoms with Gasteiger partial charge in [0.2, 0.25) is 5.91 Å². The smallest absolute Gasteiger partial charge is 0.257 e. The molecule has 2 aromatic heterocycles. The van der Waals surface area contributed by atoms with Crippen LogP contribution in [0.5, 0.6) is 0 Å². The van der Waals surface area contributed by atoms with E-state index in [0.717, 1.165) is 27.4 Å². The van der Waals surface area contributed by atoms with Crippen molar-refractivity contribution in [3.05, 3.63) is 88.9 Å². The van der Waals surface area contributed by atoms with Gasteiger partial charge in [0, 0.05) is 18.9 Å². The number of hydrogen-bond acceptors (Lipinski definition) is 4. The summed E-state index contributed by atoms with van der Waals surface area (Å²) in [4.78, 5) is 28.3. The summed E-state index contributed by atoms with van der Waals surface area (Å²) in [5.41, 5.74) is 4.68. The van der Waals surface area contributed by atoms with Gasteiger partial charge in [0.15, 0.2) is 0 Å². The highest BCUT2D eigenvalue weighted by atomic mass is 32.1. The molecule has 7 heteroatoms. The Kier molecular flexibility index (Phi) is 6.18. The number of thiophene rings is 1. The third-order valence-corrected chi connectivity index (χ3v) is 6.07. The summed E-state index contributed by atoms with van der Waals surface area (Å²) in [6, 6.07) is 19.4. The van der Waals surface area contributed by atoms with E-state index >= 15 is 0 Å². The minimum atomic E-state index is -0.257. The van der Waals surface area contributed by atoms with Crippen LogP contribution in [-0.2, 0) is 4.79 Å². The fraction of sp³-hybridized carbons (Fsp3) is 0.160. The summed E-state index contributed by atoms with van der Waals surface area (Å²) in [5.74, 6) is -0.501. The molecule has 2 amide bonds. The second kappa shape index (κ2) is 9.20. The molecule has 0 fully saturated rings. The van der Waals surface area contributed by atoms with Crippen LogP contribution >= 0.6 is 11.3 Å². The summed E-state index contributed by atoms with van der Waals surface area (Å²) in [6.45, 7) is 3.83. The largest absolute Gasteiger partial charge is 0.332 e. The molecule has 0 spiro atoms. The molecule has 0 atom stereocenters. The maximum atomic E-state index is 13.3. The number of aromatic nitrogens is 2. The van der Waals surface area contributed by atoms with Crippen molar-refractivity contribution in [2.75, 3.05) is 18.9 Å². The second-order valence-corrected chi connectivity index (χ2v) is 8.57. The maximum Gasteiger partial charge on any atom is 0.257 e. The molecular weight excluding hydrogens is 420 g/mol. The molecule has 2 heterocycles. The van der Waals surface area contributed by atoms with E-state index in [-0.39, 0.29) is 18.4 Å². The Bertz CT molecular complexity index is 1230. The first kappa shape index (κ1) is 21.5. The molecule has 0 aliphatic rings. The average Bonchev–Trinajstić information content (AvgIpc) is 3.46. The van der Waals surface area contributed by atoms with Crippen LogP contribution in [0.15, 0.2) is 72.2 Å². The molecule has 32 heavy (non-hydrogen) atoms. The third kappa shape index (κ3) is 4.48. The Hall–Kier alpha value is -3.71. The molecular formula is C25H24N4O2S. The van der Waals surface area contributed by atoms with E-state index in [4.69, 9.17) is 0 Å². The van der Waals surface area contributed by atoms with Crippen molar-refractivity contribution in [2.45, 2.75) is 13.8 Å². The summed E-state index contributed by atoms with van der Waals surface area (Å²) in [5, 5.41) is 9.56. The number of nitrogens with zero attached hydrogens (tertiary/aromatic N) is 3. The number of anilines is 1. The lowest BCUT2D eigenvalue weighted by atomic mass is 10.1. The van der Waals surface area contributed by atoms with Gasteiger partial charge in [0.05, 0.1) is 22.7 Å². The average molecular weight is 445 g/mol. The number of likely N-dealkylation sites (N-methyl/N-ethyl adjacent to an activating group) is 1. The Morgan fingerprint density at radius 2 is 1.72 bits per heavy atom. The normalized spacial score (nSPS) is 10.7. The number of nitrogens with one attached hydrogen (secondary N) is 1. The van der Waals surface area contributed by atoms with E-state index in [2.05, 4.69) is 10.4 Å². The number of amides is 2. The van der Waals surface area contributed by atoms with Crippen LogP contribution in [0, 0.1) is 13.8 Å². The van der Waals surface area contributed by atoms with Crippen molar-refractivity contribution in [2.24, 2.45) is 0 Å². The van der Waals surface area contributed by atoms with E-state index in [1.807, 2.05) is 79.9 Å². The van der Waals surface area contributed by atoms with Crippen LogP contribution < -0.4 is 5.32 Å². The lowest BCUT2D eigenvalue weighted by Crippen LogP contribution is -2.35. The Morgan fingerprint density at radius 1 is 1.00 bits per heavy atom. The fourth-order valence-corrected chi connectivity index (χ4v) is 4.25. The molecule has 0 radical (unpaired) electrons. The number of para-hydroxylation sites is 2. The van der Waals surface area contributed by atoms with Gasteiger partial charge in [-0.3, -0.25) is 9.59 Å². The monoisotopic (exact) mass is 444 g/mol. The second-order valence-electron chi connectivity index (χ2n) is 7.63. The molecule has 0 aliphatic carbocycles. The summed E-state index contributed by atoms with van der Waals surface area (Å²) in [7, 11) is 1.63. The fourth-order valence-electron chi connectivity index (χ4n) is 3.52. The Morgan fingerprint density at radius 3 is 2.38 bits per heavy atom. The highest BCUT2D eigenvalue weighted by molar-refractivity contribution is 7.13. The predicted octanol–water partition coefficient (Wildman–Crippen LogP) is 4.93. The first-order valence-corrected chi connectivity index (χ1v) is 11.1. The molecule has 4 rings (SSSR count). The zero-order valence-electron chi connectivity index (χ0n) is 18.2. The van der Waals surface area contributed by atoms with Crippen molar-refractivity contribution in [1.29, 1.82) is 0 Å². The molecule has 162 valence electrons. The highest BCUT2D eigenvalue weighted by Gasteiger charge is 2.23. The van der Waals surface area contributed by atoms with Crippen molar-refractivity contribution < 1.29 is 9.59 Å². The van der Waals surface area contributed by atoms with Crippen LogP contribution in [0.3, 0.4) is 0 Å². The van der Waals surface area contributed by atoms with Crippen molar-refractivity contribution in [3.8, 4) is 16.3 Å². The number of carbonyl (C=O) groups excluding carboxylic acids is 2. The molecule has 0 bridgehead atoms. The van der Waals surface area contributed by atoms with Gasteiger partial charge in [-0.15, -0.1) is 11.3 Å². The van der Waals surface area contributed by atoms with Crippen molar-refractivity contribution in [3.63, 3.8) is 0 Å². The summed E-state index contributed by atoms with van der Waals surface area (Å²) in [6.07, 6.45) is 1.73. The topological polar surface area (TPSA) is 67.2 Å². The standard InChI is InChI=1S/C25H24N4O2S/c1-17-9-7-10-18(2)23(17)26-22(30)16-28(3)25(31)20-15-29(19-11-5-4-6-12-19)27-24(20)21-13-8-14-32-21/h4-15H,16H2,1-3H3,(H,26,30). The van der Waals surface area contributed by atoms with E-state index < -0.39 is 0 Å². The van der Waals surface area contributed by atoms with Gasteiger partial charge in [0.1, 0.15) is 5.69 Å². The molecule has 1 N–H and O–H groups in total. The zero-order chi connectivity index (χ0) is 22.7. The first-order valence-electron chi connectivity index (χ1n) is 10.2. The van der Waals surface area contributed by atoms with Gasteiger partial charge in [-0.2, -0.15) is 5.10 Å². The minimum absolute atomic E-state index is 0.0625. The van der Waals surface area contributed by atoms with E-state index in [0.29, 0.717) is 11.3 Å². The van der Waals surface area contributed by atoms with E-state index in [1.165, 1.54) is 16.2 Å². The van der Waals surface area contributed by atoms with E-state index in [1.54, 1.807) is 17.9 Å². The van der Waals surface area contributed by atoms with Crippen molar-refractivity contribution in [1.82, 2.24) is 14.7 Å². The molecule has 0 saturated carbocycles. The number of carbonyl (C=O) groups is 2. The minimum Gasteiger partial charge on any atom is -0.332 e. The lowest BCUT2D eigenvalue weighted by molar-refractivity contribution is -0.116. The summed E-state index contributed by atoms with van der Waals surface area (Å²) < 4.78 is 1.70. The highest BCUT2D eigenvalue weighted by Crippen LogP contribution is 2.28. The maximum absolute atomic E-state index is 13.3. The van der Waals surface area contributed by atoms with Gasteiger partial charge in [-0.05, 0) is 48.6 Å². The molecule has 4 aromatic rings. The molecule has 6 nitrogen and oxygen atoms in total. The van der Waals surface area contributed by atoms with Gasteiger partial charge < -0.3 is 10.2 Å². The van der Waals surface area contributed by atoms with Crippen LogP contribution in [0.25, 0.3) is 16.3 Å².